The molecule has 8 nitrogen and oxygen atoms in total. The monoisotopic (exact) mass is 366 g/mol. The summed E-state index contributed by atoms with van der Waals surface area (Å²) in [5, 5.41) is 2.80. The molecule has 8 heteroatoms. The number of benzene rings is 1. The van der Waals surface area contributed by atoms with Crippen molar-refractivity contribution in [3.05, 3.63) is 58.3 Å². The Bertz CT molecular complexity index is 1000. The quantitative estimate of drug-likeness (QED) is 0.753. The highest BCUT2D eigenvalue weighted by atomic mass is 16.2. The maximum atomic E-state index is 12.8. The van der Waals surface area contributed by atoms with E-state index in [1.807, 2.05) is 25.1 Å². The summed E-state index contributed by atoms with van der Waals surface area (Å²) >= 11 is 0. The number of nitrogens with zero attached hydrogens (tertiary/aromatic N) is 5. The molecule has 1 amide bonds. The molecule has 1 N–H and O–H groups in total. The van der Waals surface area contributed by atoms with E-state index in [0.717, 1.165) is 25.2 Å². The number of aromatic nitrogens is 4. The number of anilines is 1. The van der Waals surface area contributed by atoms with Crippen molar-refractivity contribution in [2.24, 2.45) is 0 Å². The lowest BCUT2D eigenvalue weighted by molar-refractivity contribution is 0.0734. The van der Waals surface area contributed by atoms with Gasteiger partial charge in [-0.15, -0.1) is 0 Å². The Morgan fingerprint density at radius 2 is 1.85 bits per heavy atom. The molecular formula is C19H22N6O2. The van der Waals surface area contributed by atoms with Gasteiger partial charge in [0.25, 0.3) is 17.2 Å². The summed E-state index contributed by atoms with van der Waals surface area (Å²) in [4.78, 5) is 37.7. The highest BCUT2D eigenvalue weighted by molar-refractivity contribution is 5.91. The molecular weight excluding hydrogens is 344 g/mol. The van der Waals surface area contributed by atoms with E-state index in [0.29, 0.717) is 25.2 Å². The number of carbonyl (C=O) groups is 1. The standard InChI is InChI=1S/C19H22N6O2/c1-2-6-14-13-16(26)25-19(20-14)21-17(22-25)18(27)24-11-9-23(10-12-24)15-7-4-3-5-8-15/h3-5,7-8,13H,2,6,9-12H2,1H3,(H,20,21,22). The number of piperazine rings is 1. The molecule has 0 atom stereocenters. The SMILES string of the molecule is CCCc1cc(=O)n2[nH]c(C(=O)N3CCN(c4ccccc4)CC3)nc2n1. The van der Waals surface area contributed by atoms with E-state index < -0.39 is 0 Å². The molecule has 1 aliphatic heterocycles. The number of amides is 1. The first kappa shape index (κ1) is 17.3. The van der Waals surface area contributed by atoms with Gasteiger partial charge in [0.2, 0.25) is 5.82 Å². The molecule has 4 rings (SSSR count). The lowest BCUT2D eigenvalue weighted by Gasteiger charge is -2.35. The Morgan fingerprint density at radius 1 is 1.11 bits per heavy atom. The molecule has 140 valence electrons. The van der Waals surface area contributed by atoms with Crippen molar-refractivity contribution >= 4 is 17.4 Å². The third kappa shape index (κ3) is 3.42. The van der Waals surface area contributed by atoms with Gasteiger partial charge < -0.3 is 9.80 Å². The molecule has 1 saturated heterocycles. The fraction of sp³-hybridized carbons (Fsp3) is 0.368. The molecule has 2 aromatic heterocycles. The summed E-state index contributed by atoms with van der Waals surface area (Å²) in [5.41, 5.74) is 1.61. The summed E-state index contributed by atoms with van der Waals surface area (Å²) in [5.74, 6) is 0.197. The number of aryl methyl sites for hydroxylation is 1. The summed E-state index contributed by atoms with van der Waals surface area (Å²) in [6.07, 6.45) is 1.61. The Kier molecular flexibility index (Phi) is 4.62. The second kappa shape index (κ2) is 7.22. The maximum absolute atomic E-state index is 12.8. The highest BCUT2D eigenvalue weighted by Crippen LogP contribution is 2.16. The van der Waals surface area contributed by atoms with Gasteiger partial charge in [-0.2, -0.15) is 9.50 Å². The Morgan fingerprint density at radius 3 is 2.56 bits per heavy atom. The van der Waals surface area contributed by atoms with Crippen LogP contribution in [0.4, 0.5) is 5.69 Å². The Hall–Kier alpha value is -3.16. The first-order chi connectivity index (χ1) is 13.2. The first-order valence-electron chi connectivity index (χ1n) is 9.23. The van der Waals surface area contributed by atoms with E-state index in [4.69, 9.17) is 0 Å². The van der Waals surface area contributed by atoms with E-state index in [1.165, 1.54) is 10.6 Å². The van der Waals surface area contributed by atoms with Gasteiger partial charge in [0.15, 0.2) is 0 Å². The minimum absolute atomic E-state index is 0.154. The van der Waals surface area contributed by atoms with E-state index in [9.17, 15) is 9.59 Å². The average Bonchev–Trinajstić information content (AvgIpc) is 3.13. The predicted octanol–water partition coefficient (Wildman–Crippen LogP) is 1.33. The highest BCUT2D eigenvalue weighted by Gasteiger charge is 2.25. The fourth-order valence-electron chi connectivity index (χ4n) is 3.36. The minimum Gasteiger partial charge on any atom is -0.368 e. The molecule has 1 fully saturated rings. The number of para-hydroxylation sites is 1. The molecule has 0 radical (unpaired) electrons. The third-order valence-electron chi connectivity index (χ3n) is 4.78. The topological polar surface area (TPSA) is 86.6 Å². The summed E-state index contributed by atoms with van der Waals surface area (Å²) in [6, 6.07) is 11.7. The number of carbonyl (C=O) groups excluding carboxylic acids is 1. The molecule has 0 aliphatic carbocycles. The van der Waals surface area contributed by atoms with Crippen molar-refractivity contribution in [3.8, 4) is 0 Å². The summed E-state index contributed by atoms with van der Waals surface area (Å²) in [7, 11) is 0. The molecule has 0 unspecified atom stereocenters. The molecule has 1 aromatic carbocycles. The zero-order valence-electron chi connectivity index (χ0n) is 15.3. The van der Waals surface area contributed by atoms with Crippen LogP contribution in [0.5, 0.6) is 0 Å². The largest absolute Gasteiger partial charge is 0.368 e. The second-order valence-electron chi connectivity index (χ2n) is 6.66. The van der Waals surface area contributed by atoms with Crippen LogP contribution in [-0.4, -0.2) is 56.6 Å². The zero-order valence-corrected chi connectivity index (χ0v) is 15.3. The molecule has 1 aliphatic rings. The van der Waals surface area contributed by atoms with Crippen molar-refractivity contribution in [2.45, 2.75) is 19.8 Å². The van der Waals surface area contributed by atoms with Gasteiger partial charge in [-0.25, -0.2) is 4.98 Å². The number of rotatable bonds is 4. The van der Waals surface area contributed by atoms with Crippen LogP contribution in [0.2, 0.25) is 0 Å². The minimum atomic E-state index is -0.246. The number of hydrogen-bond acceptors (Lipinski definition) is 5. The van der Waals surface area contributed by atoms with Crippen molar-refractivity contribution in [2.75, 3.05) is 31.1 Å². The molecule has 3 heterocycles. The number of H-pyrrole nitrogens is 1. The molecule has 0 bridgehead atoms. The smallest absolute Gasteiger partial charge is 0.291 e. The summed E-state index contributed by atoms with van der Waals surface area (Å²) < 4.78 is 1.23. The average molecular weight is 366 g/mol. The van der Waals surface area contributed by atoms with Gasteiger partial charge in [-0.05, 0) is 18.6 Å². The number of fused-ring (bicyclic) bond motifs is 1. The number of nitrogens with one attached hydrogen (secondary N) is 1. The van der Waals surface area contributed by atoms with Crippen LogP contribution >= 0.6 is 0 Å². The van der Waals surface area contributed by atoms with Crippen LogP contribution in [0.25, 0.3) is 5.78 Å². The van der Waals surface area contributed by atoms with Crippen LogP contribution in [0.1, 0.15) is 29.7 Å². The van der Waals surface area contributed by atoms with Crippen molar-refractivity contribution in [1.82, 2.24) is 24.5 Å². The summed E-state index contributed by atoms with van der Waals surface area (Å²) in [6.45, 7) is 4.75. The van der Waals surface area contributed by atoms with E-state index in [1.54, 1.807) is 4.90 Å². The third-order valence-corrected chi connectivity index (χ3v) is 4.78. The Balaban J connectivity index is 1.50. The molecule has 27 heavy (non-hydrogen) atoms. The lowest BCUT2D eigenvalue weighted by Crippen LogP contribution is -2.49. The van der Waals surface area contributed by atoms with Crippen molar-refractivity contribution in [1.29, 1.82) is 0 Å². The van der Waals surface area contributed by atoms with Crippen LogP contribution in [-0.2, 0) is 6.42 Å². The zero-order chi connectivity index (χ0) is 18.8. The van der Waals surface area contributed by atoms with Crippen LogP contribution in [0.15, 0.2) is 41.2 Å². The molecule has 3 aromatic rings. The number of aromatic amines is 1. The lowest BCUT2D eigenvalue weighted by atomic mass is 10.2. The van der Waals surface area contributed by atoms with Crippen LogP contribution in [0, 0.1) is 0 Å². The van der Waals surface area contributed by atoms with E-state index in [2.05, 4.69) is 32.1 Å². The molecule has 0 saturated carbocycles. The van der Waals surface area contributed by atoms with Gasteiger partial charge in [0.1, 0.15) is 0 Å². The van der Waals surface area contributed by atoms with E-state index >= 15 is 0 Å². The van der Waals surface area contributed by atoms with Crippen molar-refractivity contribution < 1.29 is 4.79 Å². The van der Waals surface area contributed by atoms with E-state index in [-0.39, 0.29) is 23.1 Å². The second-order valence-corrected chi connectivity index (χ2v) is 6.66. The normalized spacial score (nSPS) is 14.7. The van der Waals surface area contributed by atoms with Crippen LogP contribution < -0.4 is 10.5 Å². The van der Waals surface area contributed by atoms with Crippen LogP contribution in [0.3, 0.4) is 0 Å². The maximum Gasteiger partial charge on any atom is 0.291 e. The predicted molar refractivity (Wildman–Crippen MR) is 102 cm³/mol. The van der Waals surface area contributed by atoms with Gasteiger partial charge in [0, 0.05) is 37.9 Å². The molecule has 0 spiro atoms. The fourth-order valence-corrected chi connectivity index (χ4v) is 3.36. The Labute approximate surface area is 156 Å². The van der Waals surface area contributed by atoms with Gasteiger partial charge in [-0.1, -0.05) is 31.5 Å². The van der Waals surface area contributed by atoms with Crippen molar-refractivity contribution in [3.63, 3.8) is 0 Å². The van der Waals surface area contributed by atoms with Gasteiger partial charge in [0.05, 0.1) is 5.69 Å². The first-order valence-corrected chi connectivity index (χ1v) is 9.23. The number of hydrogen-bond donors (Lipinski definition) is 1. The van der Waals surface area contributed by atoms with Gasteiger partial charge >= 0.3 is 0 Å². The van der Waals surface area contributed by atoms with Gasteiger partial charge in [-0.3, -0.25) is 14.7 Å².